The first-order valence-corrected chi connectivity index (χ1v) is 10.1. The molecule has 0 amide bonds. The second kappa shape index (κ2) is 7.20. The molecule has 1 aromatic heterocycles. The number of thioether (sulfide) groups is 1. The van der Waals surface area contributed by atoms with Gasteiger partial charge in [0.15, 0.2) is 10.9 Å². The van der Waals surface area contributed by atoms with E-state index in [0.29, 0.717) is 16.8 Å². The standard InChI is InChI=1S/C19H23N3O2S/c23-17(12-25-19-21-20-18(24)22(19)16-10-11-16)15-8-6-14(7-9-15)13-4-2-1-3-5-13/h6-9,13,16H,1-5,10-12H2,(H,20,24). The van der Waals surface area contributed by atoms with Crippen LogP contribution in [0.5, 0.6) is 0 Å². The number of hydrogen-bond donors (Lipinski definition) is 1. The third-order valence-corrected chi connectivity index (χ3v) is 6.18. The molecule has 0 saturated heterocycles. The molecule has 25 heavy (non-hydrogen) atoms. The quantitative estimate of drug-likeness (QED) is 0.628. The molecule has 0 atom stereocenters. The predicted molar refractivity (Wildman–Crippen MR) is 98.4 cm³/mol. The summed E-state index contributed by atoms with van der Waals surface area (Å²) in [6, 6.07) is 8.39. The molecule has 1 heterocycles. The van der Waals surface area contributed by atoms with Crippen molar-refractivity contribution in [3.63, 3.8) is 0 Å². The van der Waals surface area contributed by atoms with Gasteiger partial charge in [-0.05, 0) is 37.2 Å². The number of rotatable bonds is 6. The van der Waals surface area contributed by atoms with Crippen molar-refractivity contribution >= 4 is 17.5 Å². The molecule has 2 saturated carbocycles. The molecule has 1 aromatic carbocycles. The maximum absolute atomic E-state index is 12.5. The lowest BCUT2D eigenvalue weighted by Crippen LogP contribution is -2.16. The van der Waals surface area contributed by atoms with Crippen molar-refractivity contribution < 1.29 is 4.79 Å². The molecule has 0 unspecified atom stereocenters. The van der Waals surface area contributed by atoms with Crippen LogP contribution in [0.3, 0.4) is 0 Å². The van der Waals surface area contributed by atoms with Crippen LogP contribution in [0, 0.1) is 0 Å². The molecule has 0 spiro atoms. The molecule has 1 N–H and O–H groups in total. The van der Waals surface area contributed by atoms with Crippen LogP contribution in [0.15, 0.2) is 34.2 Å². The van der Waals surface area contributed by atoms with E-state index in [1.54, 1.807) is 4.57 Å². The van der Waals surface area contributed by atoms with E-state index >= 15 is 0 Å². The molecule has 0 bridgehead atoms. The Morgan fingerprint density at radius 2 is 1.84 bits per heavy atom. The van der Waals surface area contributed by atoms with Gasteiger partial charge in [0, 0.05) is 11.6 Å². The lowest BCUT2D eigenvalue weighted by molar-refractivity contribution is 0.102. The van der Waals surface area contributed by atoms with Gasteiger partial charge in [0.1, 0.15) is 0 Å². The first kappa shape index (κ1) is 16.6. The predicted octanol–water partition coefficient (Wildman–Crippen LogP) is 3.93. The molecular formula is C19H23N3O2S. The number of benzene rings is 1. The van der Waals surface area contributed by atoms with Gasteiger partial charge in [0.25, 0.3) is 0 Å². The summed E-state index contributed by atoms with van der Waals surface area (Å²) in [5.74, 6) is 1.04. The number of aromatic amines is 1. The van der Waals surface area contributed by atoms with Gasteiger partial charge in [-0.25, -0.2) is 9.89 Å². The zero-order chi connectivity index (χ0) is 17.2. The largest absolute Gasteiger partial charge is 0.344 e. The normalized spacial score (nSPS) is 18.4. The minimum Gasteiger partial charge on any atom is -0.293 e. The topological polar surface area (TPSA) is 67.8 Å². The van der Waals surface area contributed by atoms with Crippen LogP contribution in [0.4, 0.5) is 0 Å². The van der Waals surface area contributed by atoms with Crippen molar-refractivity contribution in [3.05, 3.63) is 45.9 Å². The van der Waals surface area contributed by atoms with E-state index in [2.05, 4.69) is 22.3 Å². The molecular weight excluding hydrogens is 334 g/mol. The molecule has 132 valence electrons. The minimum atomic E-state index is -0.172. The monoisotopic (exact) mass is 357 g/mol. The van der Waals surface area contributed by atoms with Crippen molar-refractivity contribution in [1.29, 1.82) is 0 Å². The minimum absolute atomic E-state index is 0.0815. The number of carbonyl (C=O) groups is 1. The van der Waals surface area contributed by atoms with Crippen LogP contribution in [-0.4, -0.2) is 26.3 Å². The summed E-state index contributed by atoms with van der Waals surface area (Å²) < 4.78 is 1.68. The maximum atomic E-state index is 12.5. The Balaban J connectivity index is 1.39. The van der Waals surface area contributed by atoms with Crippen LogP contribution in [0.25, 0.3) is 0 Å². The highest BCUT2D eigenvalue weighted by Gasteiger charge is 2.28. The lowest BCUT2D eigenvalue weighted by Gasteiger charge is -2.22. The number of carbonyl (C=O) groups excluding carboxylic acids is 1. The van der Waals surface area contributed by atoms with Crippen molar-refractivity contribution in [2.75, 3.05) is 5.75 Å². The number of nitrogens with one attached hydrogen (secondary N) is 1. The van der Waals surface area contributed by atoms with E-state index in [9.17, 15) is 9.59 Å². The Kier molecular flexibility index (Phi) is 4.79. The van der Waals surface area contributed by atoms with Crippen molar-refractivity contribution in [2.24, 2.45) is 0 Å². The molecule has 2 fully saturated rings. The Hall–Kier alpha value is -1.82. The second-order valence-electron chi connectivity index (χ2n) is 7.08. The van der Waals surface area contributed by atoms with Gasteiger partial charge >= 0.3 is 5.69 Å². The Labute approximate surface area is 151 Å². The number of nitrogens with zero attached hydrogens (tertiary/aromatic N) is 2. The Morgan fingerprint density at radius 3 is 2.52 bits per heavy atom. The molecule has 6 heteroatoms. The van der Waals surface area contributed by atoms with E-state index in [0.717, 1.165) is 18.4 Å². The van der Waals surface area contributed by atoms with Crippen LogP contribution < -0.4 is 5.69 Å². The van der Waals surface area contributed by atoms with Crippen molar-refractivity contribution in [1.82, 2.24) is 14.8 Å². The summed E-state index contributed by atoms with van der Waals surface area (Å²) in [5.41, 5.74) is 1.93. The third kappa shape index (κ3) is 3.73. The fraction of sp³-hybridized carbons (Fsp3) is 0.526. The first-order valence-electron chi connectivity index (χ1n) is 9.15. The molecule has 2 aliphatic rings. The second-order valence-corrected chi connectivity index (χ2v) is 8.02. The molecule has 4 rings (SSSR count). The first-order chi connectivity index (χ1) is 12.2. The number of ketones is 1. The highest BCUT2D eigenvalue weighted by Crippen LogP contribution is 2.36. The number of aromatic nitrogens is 3. The lowest BCUT2D eigenvalue weighted by atomic mass is 9.84. The molecule has 0 radical (unpaired) electrons. The highest BCUT2D eigenvalue weighted by atomic mass is 32.2. The molecule has 0 aliphatic heterocycles. The van der Waals surface area contributed by atoms with Gasteiger partial charge in [0.05, 0.1) is 5.75 Å². The van der Waals surface area contributed by atoms with E-state index in [4.69, 9.17) is 0 Å². The summed E-state index contributed by atoms with van der Waals surface area (Å²) in [7, 11) is 0. The number of hydrogen-bond acceptors (Lipinski definition) is 4. The van der Waals surface area contributed by atoms with Gasteiger partial charge in [-0.2, -0.15) is 0 Å². The fourth-order valence-corrected chi connectivity index (χ4v) is 4.55. The highest BCUT2D eigenvalue weighted by molar-refractivity contribution is 7.99. The average Bonchev–Trinajstić information content (AvgIpc) is 3.43. The van der Waals surface area contributed by atoms with E-state index in [-0.39, 0.29) is 17.5 Å². The summed E-state index contributed by atoms with van der Waals surface area (Å²) in [4.78, 5) is 24.2. The molecule has 2 aromatic rings. The van der Waals surface area contributed by atoms with E-state index < -0.39 is 0 Å². The fourth-order valence-electron chi connectivity index (χ4n) is 3.64. The average molecular weight is 357 g/mol. The zero-order valence-corrected chi connectivity index (χ0v) is 15.1. The number of Topliss-reactive ketones (excluding diaryl/α,β-unsaturated/α-hetero) is 1. The van der Waals surface area contributed by atoms with E-state index in [1.165, 1.54) is 49.4 Å². The van der Waals surface area contributed by atoms with Crippen LogP contribution in [0.2, 0.25) is 0 Å². The van der Waals surface area contributed by atoms with Gasteiger partial charge in [0.2, 0.25) is 0 Å². The zero-order valence-electron chi connectivity index (χ0n) is 14.2. The van der Waals surface area contributed by atoms with Gasteiger partial charge in [-0.15, -0.1) is 5.10 Å². The third-order valence-electron chi connectivity index (χ3n) is 5.23. The smallest absolute Gasteiger partial charge is 0.293 e. The maximum Gasteiger partial charge on any atom is 0.344 e. The number of H-pyrrole nitrogens is 1. The molecule has 2 aliphatic carbocycles. The summed E-state index contributed by atoms with van der Waals surface area (Å²) in [6.07, 6.45) is 8.54. The summed E-state index contributed by atoms with van der Waals surface area (Å²) in [5, 5.41) is 7.17. The summed E-state index contributed by atoms with van der Waals surface area (Å²) in [6.45, 7) is 0. The summed E-state index contributed by atoms with van der Waals surface area (Å²) >= 11 is 1.34. The van der Waals surface area contributed by atoms with Gasteiger partial charge in [-0.3, -0.25) is 9.36 Å². The Morgan fingerprint density at radius 1 is 1.12 bits per heavy atom. The van der Waals surface area contributed by atoms with Gasteiger partial charge in [-0.1, -0.05) is 55.3 Å². The van der Waals surface area contributed by atoms with Crippen LogP contribution in [0.1, 0.15) is 72.8 Å². The van der Waals surface area contributed by atoms with Crippen molar-refractivity contribution in [2.45, 2.75) is 62.1 Å². The van der Waals surface area contributed by atoms with Crippen LogP contribution in [-0.2, 0) is 0 Å². The van der Waals surface area contributed by atoms with E-state index in [1.807, 2.05) is 12.1 Å². The molecule has 5 nitrogen and oxygen atoms in total. The van der Waals surface area contributed by atoms with Gasteiger partial charge < -0.3 is 0 Å². The van der Waals surface area contributed by atoms with Crippen molar-refractivity contribution in [3.8, 4) is 0 Å². The van der Waals surface area contributed by atoms with Crippen LogP contribution >= 0.6 is 11.8 Å². The Bertz CT molecular complexity index is 799. The SMILES string of the molecule is O=C(CSc1n[nH]c(=O)n1C1CC1)c1ccc(C2CCCCC2)cc1.